The van der Waals surface area contributed by atoms with Crippen LogP contribution in [0.4, 0.5) is 4.39 Å². The van der Waals surface area contributed by atoms with E-state index in [2.05, 4.69) is 23.7 Å². The maximum absolute atomic E-state index is 12.8. The van der Waals surface area contributed by atoms with Crippen LogP contribution in [0, 0.1) is 5.82 Å². The van der Waals surface area contributed by atoms with Crippen molar-refractivity contribution in [2.45, 2.75) is 46.0 Å². The summed E-state index contributed by atoms with van der Waals surface area (Å²) in [5, 5.41) is 0. The van der Waals surface area contributed by atoms with Gasteiger partial charge < -0.3 is 4.90 Å². The van der Waals surface area contributed by atoms with Crippen molar-refractivity contribution in [3.8, 4) is 0 Å². The average molecular weight is 280 g/mol. The Morgan fingerprint density at radius 3 is 2.30 bits per heavy atom. The van der Waals surface area contributed by atoms with Crippen LogP contribution in [0.3, 0.4) is 0 Å². The van der Waals surface area contributed by atoms with E-state index in [-0.39, 0.29) is 5.78 Å². The van der Waals surface area contributed by atoms with E-state index in [1.165, 1.54) is 12.1 Å². The minimum absolute atomic E-state index is 0.0111. The summed E-state index contributed by atoms with van der Waals surface area (Å²) < 4.78 is 12.8. The first-order chi connectivity index (χ1) is 9.67. The van der Waals surface area contributed by atoms with Crippen molar-refractivity contribution < 1.29 is 9.18 Å². The van der Waals surface area contributed by atoms with Gasteiger partial charge in [0.25, 0.3) is 0 Å². The van der Waals surface area contributed by atoms with Crippen LogP contribution in [0.1, 0.15) is 56.4 Å². The van der Waals surface area contributed by atoms with Crippen LogP contribution in [-0.2, 0) is 0 Å². The molecule has 0 amide bonds. The number of aromatic nitrogens is 1. The molecule has 1 aromatic heterocycles. The van der Waals surface area contributed by atoms with Crippen molar-refractivity contribution >= 4 is 5.78 Å². The second-order valence-corrected chi connectivity index (χ2v) is 5.08. The van der Waals surface area contributed by atoms with E-state index in [9.17, 15) is 9.18 Å². The highest BCUT2D eigenvalue weighted by molar-refractivity contribution is 5.94. The molecular formula is C16H25FN2O. The van der Waals surface area contributed by atoms with Crippen molar-refractivity contribution in [3.63, 3.8) is 0 Å². The number of unbranched alkanes of at least 4 members (excludes halogenated alkanes) is 2. The molecule has 1 heterocycles. The Balaban J connectivity index is 2.44. The molecule has 0 spiro atoms. The Morgan fingerprint density at radius 1 is 1.15 bits per heavy atom. The van der Waals surface area contributed by atoms with Gasteiger partial charge in [-0.15, -0.1) is 0 Å². The molecule has 0 aliphatic rings. The molecule has 0 aliphatic heterocycles. The fourth-order valence-electron chi connectivity index (χ4n) is 2.03. The zero-order valence-corrected chi connectivity index (χ0v) is 12.6. The Hall–Kier alpha value is -1.29. The van der Waals surface area contributed by atoms with E-state index in [0.717, 1.165) is 51.5 Å². The standard InChI is InChI=1S/C16H25FN2O/c1-3-5-10-19(11-6-4-2)12-9-16(20)15-8-7-14(17)13-18-15/h7-8,13H,3-6,9-12H2,1-2H3. The summed E-state index contributed by atoms with van der Waals surface area (Å²) in [4.78, 5) is 18.2. The van der Waals surface area contributed by atoms with Gasteiger partial charge in [-0.1, -0.05) is 26.7 Å². The number of carbonyl (C=O) groups is 1. The molecule has 0 aliphatic carbocycles. The second-order valence-electron chi connectivity index (χ2n) is 5.08. The molecule has 0 radical (unpaired) electrons. The minimum Gasteiger partial charge on any atom is -0.303 e. The van der Waals surface area contributed by atoms with Gasteiger partial charge in [-0.2, -0.15) is 0 Å². The molecule has 0 saturated heterocycles. The molecule has 0 saturated carbocycles. The first-order valence-corrected chi connectivity index (χ1v) is 7.54. The van der Waals surface area contributed by atoms with Crippen LogP contribution < -0.4 is 0 Å². The van der Waals surface area contributed by atoms with Crippen LogP contribution >= 0.6 is 0 Å². The molecule has 0 aromatic carbocycles. The fourth-order valence-corrected chi connectivity index (χ4v) is 2.03. The normalized spacial score (nSPS) is 11.0. The van der Waals surface area contributed by atoms with E-state index in [1.54, 1.807) is 0 Å². The van der Waals surface area contributed by atoms with Crippen molar-refractivity contribution in [1.29, 1.82) is 0 Å². The topological polar surface area (TPSA) is 33.2 Å². The van der Waals surface area contributed by atoms with Crippen LogP contribution in [0.15, 0.2) is 18.3 Å². The van der Waals surface area contributed by atoms with E-state index in [4.69, 9.17) is 0 Å². The van der Waals surface area contributed by atoms with E-state index < -0.39 is 5.82 Å². The van der Waals surface area contributed by atoms with Crippen LogP contribution in [-0.4, -0.2) is 35.3 Å². The predicted octanol–water partition coefficient (Wildman–Crippen LogP) is 3.70. The van der Waals surface area contributed by atoms with Gasteiger partial charge in [0, 0.05) is 13.0 Å². The molecule has 0 unspecified atom stereocenters. The lowest BCUT2D eigenvalue weighted by Gasteiger charge is -2.21. The molecule has 112 valence electrons. The van der Waals surface area contributed by atoms with Crippen molar-refractivity contribution in [2.24, 2.45) is 0 Å². The third-order valence-corrected chi connectivity index (χ3v) is 3.32. The molecule has 4 heteroatoms. The third kappa shape index (κ3) is 6.24. The van der Waals surface area contributed by atoms with Gasteiger partial charge in [0.2, 0.25) is 0 Å². The summed E-state index contributed by atoms with van der Waals surface area (Å²) in [6.45, 7) is 7.19. The Bertz CT molecular complexity index is 384. The van der Waals surface area contributed by atoms with Crippen LogP contribution in [0.5, 0.6) is 0 Å². The largest absolute Gasteiger partial charge is 0.303 e. The summed E-state index contributed by atoms with van der Waals surface area (Å²) in [6.07, 6.45) is 6.19. The predicted molar refractivity (Wildman–Crippen MR) is 79.4 cm³/mol. The molecule has 3 nitrogen and oxygen atoms in total. The maximum atomic E-state index is 12.8. The van der Waals surface area contributed by atoms with E-state index in [0.29, 0.717) is 12.1 Å². The van der Waals surface area contributed by atoms with Gasteiger partial charge in [-0.25, -0.2) is 4.39 Å². The zero-order chi connectivity index (χ0) is 14.8. The molecule has 20 heavy (non-hydrogen) atoms. The Morgan fingerprint density at radius 2 is 1.80 bits per heavy atom. The van der Waals surface area contributed by atoms with Crippen molar-refractivity contribution in [2.75, 3.05) is 19.6 Å². The Labute approximate surface area is 121 Å². The monoisotopic (exact) mass is 280 g/mol. The molecule has 0 atom stereocenters. The third-order valence-electron chi connectivity index (χ3n) is 3.32. The number of hydrogen-bond donors (Lipinski definition) is 0. The summed E-state index contributed by atoms with van der Waals surface area (Å²) in [5.74, 6) is -0.419. The summed E-state index contributed by atoms with van der Waals surface area (Å²) in [5.41, 5.74) is 0.359. The molecule has 0 N–H and O–H groups in total. The lowest BCUT2D eigenvalue weighted by molar-refractivity contribution is 0.0958. The fraction of sp³-hybridized carbons (Fsp3) is 0.625. The maximum Gasteiger partial charge on any atom is 0.182 e. The van der Waals surface area contributed by atoms with Gasteiger partial charge >= 0.3 is 0 Å². The smallest absolute Gasteiger partial charge is 0.182 e. The summed E-state index contributed by atoms with van der Waals surface area (Å²) in [6, 6.07) is 2.74. The summed E-state index contributed by atoms with van der Waals surface area (Å²) in [7, 11) is 0. The number of Topliss-reactive ketones (excluding diaryl/α,β-unsaturated/α-hetero) is 1. The number of nitrogens with zero attached hydrogens (tertiary/aromatic N) is 2. The van der Waals surface area contributed by atoms with E-state index >= 15 is 0 Å². The number of rotatable bonds is 10. The minimum atomic E-state index is -0.408. The first-order valence-electron chi connectivity index (χ1n) is 7.54. The highest BCUT2D eigenvalue weighted by atomic mass is 19.1. The van der Waals surface area contributed by atoms with Crippen LogP contribution in [0.2, 0.25) is 0 Å². The molecule has 1 rings (SSSR count). The number of pyridine rings is 1. The van der Waals surface area contributed by atoms with Crippen molar-refractivity contribution in [1.82, 2.24) is 9.88 Å². The first kappa shape index (κ1) is 16.8. The number of hydrogen-bond acceptors (Lipinski definition) is 3. The Kier molecular flexibility index (Phi) is 8.04. The lowest BCUT2D eigenvalue weighted by atomic mass is 10.1. The molecule has 0 bridgehead atoms. The molecule has 1 aromatic rings. The van der Waals surface area contributed by atoms with Gasteiger partial charge in [-0.3, -0.25) is 9.78 Å². The number of halogens is 1. The van der Waals surface area contributed by atoms with Crippen LogP contribution in [0.25, 0.3) is 0 Å². The van der Waals surface area contributed by atoms with Gasteiger partial charge in [0.1, 0.15) is 11.5 Å². The average Bonchev–Trinajstić information content (AvgIpc) is 2.47. The zero-order valence-electron chi connectivity index (χ0n) is 12.6. The molecule has 0 fully saturated rings. The van der Waals surface area contributed by atoms with E-state index in [1.807, 2.05) is 0 Å². The highest BCUT2D eigenvalue weighted by Gasteiger charge is 2.11. The second kappa shape index (κ2) is 9.59. The van der Waals surface area contributed by atoms with Gasteiger partial charge in [0.15, 0.2) is 5.78 Å². The SMILES string of the molecule is CCCCN(CCCC)CCC(=O)c1ccc(F)cn1. The van der Waals surface area contributed by atoms with Gasteiger partial charge in [0.05, 0.1) is 6.20 Å². The molecular weight excluding hydrogens is 255 g/mol. The quantitative estimate of drug-likeness (QED) is 0.613. The summed E-state index contributed by atoms with van der Waals surface area (Å²) >= 11 is 0. The number of ketones is 1. The highest BCUT2D eigenvalue weighted by Crippen LogP contribution is 2.05. The number of carbonyl (C=O) groups excluding carboxylic acids is 1. The van der Waals surface area contributed by atoms with Crippen molar-refractivity contribution in [3.05, 3.63) is 29.8 Å². The lowest BCUT2D eigenvalue weighted by Crippen LogP contribution is -2.28. The van der Waals surface area contributed by atoms with Gasteiger partial charge in [-0.05, 0) is 38.1 Å².